The molecule has 0 aliphatic carbocycles. The third-order valence-corrected chi connectivity index (χ3v) is 10.8. The van der Waals surface area contributed by atoms with E-state index >= 15 is 0 Å². The van der Waals surface area contributed by atoms with E-state index in [0.717, 1.165) is 11.3 Å². The van der Waals surface area contributed by atoms with E-state index in [1.165, 1.54) is 24.3 Å². The Hall–Kier alpha value is -4.40. The summed E-state index contributed by atoms with van der Waals surface area (Å²) < 4.78 is 182. The zero-order chi connectivity index (χ0) is 41.0. The number of alkyl halides is 12. The van der Waals surface area contributed by atoms with Crippen molar-refractivity contribution in [3.05, 3.63) is 94.0 Å². The van der Waals surface area contributed by atoms with E-state index in [4.69, 9.17) is 9.47 Å². The quantitative estimate of drug-likeness (QED) is 0.188. The molecule has 6 rings (SSSR count). The van der Waals surface area contributed by atoms with Gasteiger partial charge in [0.2, 0.25) is 0 Å². The lowest BCUT2D eigenvalue weighted by atomic mass is 9.85. The van der Waals surface area contributed by atoms with Crippen LogP contribution in [-0.4, -0.2) is 19.8 Å². The van der Waals surface area contributed by atoms with Crippen molar-refractivity contribution in [3.63, 3.8) is 0 Å². The molecule has 56 heavy (non-hydrogen) atoms. The van der Waals surface area contributed by atoms with Crippen LogP contribution in [0.15, 0.2) is 60.7 Å². The van der Waals surface area contributed by atoms with E-state index < -0.39 is 47.0 Å². The summed E-state index contributed by atoms with van der Waals surface area (Å²) in [5.41, 5.74) is -5.73. The largest absolute Gasteiger partial charge is 0.493 e. The minimum Gasteiger partial charge on any atom is -0.493 e. The second kappa shape index (κ2) is 15.2. The molecule has 4 aromatic rings. The molecule has 0 saturated heterocycles. The summed E-state index contributed by atoms with van der Waals surface area (Å²) >= 11 is 0. The highest BCUT2D eigenvalue weighted by Crippen LogP contribution is 2.50. The highest BCUT2D eigenvalue weighted by Gasteiger charge is 2.41. The number of rotatable bonds is 7. The van der Waals surface area contributed by atoms with Crippen molar-refractivity contribution < 1.29 is 67.1 Å². The Balaban J connectivity index is 1.73. The van der Waals surface area contributed by atoms with Crippen LogP contribution in [0.5, 0.6) is 11.5 Å². The van der Waals surface area contributed by atoms with Gasteiger partial charge in [0.05, 0.1) is 42.0 Å². The van der Waals surface area contributed by atoms with Crippen molar-refractivity contribution in [2.75, 3.05) is 19.8 Å². The molecular weight excluding hydrogens is 766 g/mol. The molecule has 0 fully saturated rings. The van der Waals surface area contributed by atoms with E-state index in [-0.39, 0.29) is 95.2 Å². The molecule has 302 valence electrons. The van der Waals surface area contributed by atoms with Gasteiger partial charge in [-0.05, 0) is 83.1 Å². The van der Waals surface area contributed by atoms with Crippen molar-refractivity contribution in [2.45, 2.75) is 77.8 Å². The van der Waals surface area contributed by atoms with Gasteiger partial charge < -0.3 is 14.4 Å². The molecule has 0 spiro atoms. The summed E-state index contributed by atoms with van der Waals surface area (Å²) in [7, 11) is 0. The molecule has 2 unspecified atom stereocenters. The molecule has 3 nitrogen and oxygen atoms in total. The van der Waals surface area contributed by atoms with Crippen LogP contribution in [0, 0.1) is 11.8 Å². The van der Waals surface area contributed by atoms with Gasteiger partial charge in [0, 0.05) is 34.6 Å². The normalized spacial score (nSPS) is 16.4. The number of quaternary nitrogens is 1. The predicted molar refractivity (Wildman–Crippen MR) is 185 cm³/mol. The van der Waals surface area contributed by atoms with E-state index in [0.29, 0.717) is 54.8 Å². The first kappa shape index (κ1) is 41.2. The average Bonchev–Trinajstić information content (AvgIpc) is 3.22. The summed E-state index contributed by atoms with van der Waals surface area (Å²) in [4.78, 5) is 0.733. The molecule has 0 amide bonds. The van der Waals surface area contributed by atoms with Gasteiger partial charge in [0.25, 0.3) is 0 Å². The number of halogens is 12. The van der Waals surface area contributed by atoms with E-state index in [1.807, 2.05) is 20.8 Å². The second-order valence-electron chi connectivity index (χ2n) is 14.4. The van der Waals surface area contributed by atoms with E-state index in [1.54, 1.807) is 0 Å². The van der Waals surface area contributed by atoms with Gasteiger partial charge in [-0.3, -0.25) is 0 Å². The fraction of sp³-hybridized carbons (Fsp3) is 0.415. The standard InChI is InChI=1S/C41H37F12NO2/c1-4-22(3)23(5-2)19-54-20-32-30(24-13-26(38(42,43)44)17-27(14-24)39(45,46)47)7-9-34-36(32)37-33(21-54)31(8-10-35(37)56-12-6-11-55-34)25-15-28(40(48,49)50)18-29(16-25)41(51,52)53/h7-10,13-18,22-23H,4-6,11-12,19-21H2,1-3H3/p+1. The Kier molecular flexibility index (Phi) is 11.2. The van der Waals surface area contributed by atoms with Crippen molar-refractivity contribution in [1.29, 1.82) is 0 Å². The first-order chi connectivity index (χ1) is 26.1. The van der Waals surface area contributed by atoms with Gasteiger partial charge in [0.1, 0.15) is 24.6 Å². The van der Waals surface area contributed by atoms with Gasteiger partial charge in [-0.2, -0.15) is 52.7 Å². The maximum atomic E-state index is 14.1. The van der Waals surface area contributed by atoms with Crippen molar-refractivity contribution in [2.24, 2.45) is 11.8 Å². The number of ether oxygens (including phenoxy) is 2. The van der Waals surface area contributed by atoms with E-state index in [2.05, 4.69) is 0 Å². The van der Waals surface area contributed by atoms with Crippen LogP contribution < -0.4 is 14.4 Å². The van der Waals surface area contributed by atoms with Crippen LogP contribution in [-0.2, 0) is 37.8 Å². The second-order valence-corrected chi connectivity index (χ2v) is 14.4. The maximum absolute atomic E-state index is 14.1. The van der Waals surface area contributed by atoms with Crippen LogP contribution in [0.25, 0.3) is 33.4 Å². The molecule has 0 radical (unpaired) electrons. The Labute approximate surface area is 315 Å². The van der Waals surface area contributed by atoms with Gasteiger partial charge in [-0.15, -0.1) is 0 Å². The Morgan fingerprint density at radius 2 is 0.929 bits per heavy atom. The van der Waals surface area contributed by atoms with Gasteiger partial charge >= 0.3 is 24.7 Å². The monoisotopic (exact) mass is 804 g/mol. The molecule has 4 aromatic carbocycles. The number of nitrogens with one attached hydrogen (secondary N) is 1. The Bertz CT molecular complexity index is 1880. The minimum absolute atomic E-state index is 0.0103. The lowest BCUT2D eigenvalue weighted by molar-refractivity contribution is -0.930. The summed E-state index contributed by atoms with van der Waals surface area (Å²) in [5.74, 6) is 0.582. The molecule has 2 heterocycles. The fourth-order valence-electron chi connectivity index (χ4n) is 7.75. The molecular formula is C41H38F12NO2+. The summed E-state index contributed by atoms with van der Waals surface area (Å²) in [5, 5.41) is 0. The summed E-state index contributed by atoms with van der Waals surface area (Å²) in [6.45, 7) is 6.62. The van der Waals surface area contributed by atoms with Crippen molar-refractivity contribution in [1.82, 2.24) is 0 Å². The average molecular weight is 805 g/mol. The molecule has 0 saturated carbocycles. The zero-order valence-corrected chi connectivity index (χ0v) is 30.4. The molecule has 2 aliphatic rings. The van der Waals surface area contributed by atoms with Crippen molar-refractivity contribution in [3.8, 4) is 44.9 Å². The molecule has 1 N–H and O–H groups in total. The van der Waals surface area contributed by atoms with Crippen molar-refractivity contribution >= 4 is 0 Å². The van der Waals surface area contributed by atoms with Crippen LogP contribution >= 0.6 is 0 Å². The van der Waals surface area contributed by atoms with Crippen LogP contribution in [0.4, 0.5) is 52.7 Å². The summed E-state index contributed by atoms with van der Waals surface area (Å²) in [6, 6.07) is 8.24. The lowest BCUT2D eigenvalue weighted by Crippen LogP contribution is -3.10. The smallest absolute Gasteiger partial charge is 0.416 e. The lowest BCUT2D eigenvalue weighted by Gasteiger charge is -2.28. The van der Waals surface area contributed by atoms with Crippen LogP contribution in [0.3, 0.4) is 0 Å². The molecule has 15 heteroatoms. The minimum atomic E-state index is -5.14. The van der Waals surface area contributed by atoms with E-state index in [9.17, 15) is 52.7 Å². The predicted octanol–water partition coefficient (Wildman–Crippen LogP) is 11.9. The zero-order valence-electron chi connectivity index (χ0n) is 30.4. The Morgan fingerprint density at radius 1 is 0.554 bits per heavy atom. The number of hydrogen-bond donors (Lipinski definition) is 1. The topological polar surface area (TPSA) is 22.9 Å². The molecule has 0 aromatic heterocycles. The fourth-order valence-corrected chi connectivity index (χ4v) is 7.75. The van der Waals surface area contributed by atoms with Crippen LogP contribution in [0.2, 0.25) is 0 Å². The first-order valence-electron chi connectivity index (χ1n) is 18.1. The summed E-state index contributed by atoms with van der Waals surface area (Å²) in [6.07, 6.45) is -18.7. The highest BCUT2D eigenvalue weighted by atomic mass is 19.4. The maximum Gasteiger partial charge on any atom is 0.416 e. The third-order valence-electron chi connectivity index (χ3n) is 10.8. The Morgan fingerprint density at radius 3 is 1.25 bits per heavy atom. The molecule has 2 atom stereocenters. The number of hydrogen-bond acceptors (Lipinski definition) is 2. The first-order valence-corrected chi connectivity index (χ1v) is 18.1. The van der Waals surface area contributed by atoms with Gasteiger partial charge in [-0.1, -0.05) is 39.3 Å². The molecule has 2 aliphatic heterocycles. The van der Waals surface area contributed by atoms with Crippen LogP contribution in [0.1, 0.15) is 73.4 Å². The van der Waals surface area contributed by atoms with Gasteiger partial charge in [-0.25, -0.2) is 0 Å². The number of benzene rings is 4. The third kappa shape index (κ3) is 8.47. The highest BCUT2D eigenvalue weighted by molar-refractivity contribution is 5.91. The SMILES string of the molecule is CCC(C)C(CC)C[NH+]1Cc2c(-c3cc(C(F)(F)F)cc(C(F)(F)F)c3)ccc3c2-c2c(ccc(-c4cc(C(F)(F)F)cc(C(F)(F)F)c4)c2C1)OCCCO3. The van der Waals surface area contributed by atoms with Gasteiger partial charge in [0.15, 0.2) is 0 Å². The molecule has 0 bridgehead atoms.